The molecule has 5 nitrogen and oxygen atoms in total. The number of oxazole rings is 1. The quantitative estimate of drug-likeness (QED) is 0.280. The second kappa shape index (κ2) is 9.91. The predicted octanol–water partition coefficient (Wildman–Crippen LogP) is 7.44. The number of amides is 1. The Morgan fingerprint density at radius 2 is 1.85 bits per heavy atom. The number of thiocarbonyl (C=S) groups is 1. The zero-order valence-electron chi connectivity index (χ0n) is 18.0. The monoisotopic (exact) mass is 497 g/mol. The molecule has 0 fully saturated rings. The number of hydrogen-bond acceptors (Lipinski definition) is 4. The van der Waals surface area contributed by atoms with Crippen LogP contribution in [0.2, 0.25) is 10.0 Å². The Hall–Kier alpha value is -2.93. The van der Waals surface area contributed by atoms with Crippen LogP contribution in [0, 0.1) is 0 Å². The molecule has 3 aromatic carbocycles. The van der Waals surface area contributed by atoms with Gasteiger partial charge in [0.25, 0.3) is 5.91 Å². The highest BCUT2D eigenvalue weighted by atomic mass is 35.5. The number of aromatic nitrogens is 1. The first-order valence-electron chi connectivity index (χ1n) is 10.4. The fourth-order valence-electron chi connectivity index (χ4n) is 3.29. The number of benzene rings is 3. The number of halogens is 2. The van der Waals surface area contributed by atoms with Gasteiger partial charge in [0.1, 0.15) is 5.52 Å². The maximum absolute atomic E-state index is 12.4. The fraction of sp³-hybridized carbons (Fsp3) is 0.160. The summed E-state index contributed by atoms with van der Waals surface area (Å²) in [5.41, 5.74) is 4.44. The largest absolute Gasteiger partial charge is 0.436 e. The van der Waals surface area contributed by atoms with Gasteiger partial charge in [-0.05, 0) is 84.7 Å². The van der Waals surface area contributed by atoms with Crippen molar-refractivity contribution < 1.29 is 9.21 Å². The number of fused-ring (bicyclic) bond motifs is 1. The molecule has 0 saturated heterocycles. The van der Waals surface area contributed by atoms with Crippen molar-refractivity contribution in [1.29, 1.82) is 0 Å². The standard InChI is InChI=1S/C25H21Cl2N3O2S/c1-3-14(2)16-7-11-22-21(12-16)28-24(32-22)17-6-10-19(27)20(13-17)29-25(33)30-23(31)15-4-8-18(26)9-5-15/h4-14H,3H2,1-2H3,(H2,29,30,31,33)/t14-/m1/s1. The van der Waals surface area contributed by atoms with Crippen molar-refractivity contribution in [1.82, 2.24) is 10.3 Å². The molecule has 0 aliphatic rings. The molecule has 168 valence electrons. The van der Waals surface area contributed by atoms with Crippen LogP contribution in [-0.2, 0) is 0 Å². The summed E-state index contributed by atoms with van der Waals surface area (Å²) in [6, 6.07) is 17.9. The smallest absolute Gasteiger partial charge is 0.257 e. The van der Waals surface area contributed by atoms with E-state index >= 15 is 0 Å². The molecule has 4 aromatic rings. The minimum Gasteiger partial charge on any atom is -0.436 e. The van der Waals surface area contributed by atoms with Crippen LogP contribution in [0.4, 0.5) is 5.69 Å². The molecule has 8 heteroatoms. The third kappa shape index (κ3) is 5.36. The lowest BCUT2D eigenvalue weighted by molar-refractivity contribution is 0.0977. The molecule has 1 atom stereocenters. The van der Waals surface area contributed by atoms with Gasteiger partial charge in [0, 0.05) is 16.1 Å². The second-order valence-corrected chi connectivity index (χ2v) is 8.92. The van der Waals surface area contributed by atoms with Crippen molar-refractivity contribution in [3.8, 4) is 11.5 Å². The molecule has 0 saturated carbocycles. The van der Waals surface area contributed by atoms with E-state index in [4.69, 9.17) is 39.8 Å². The molecular formula is C25H21Cl2N3O2S. The van der Waals surface area contributed by atoms with Gasteiger partial charge in [-0.2, -0.15) is 0 Å². The van der Waals surface area contributed by atoms with Gasteiger partial charge >= 0.3 is 0 Å². The summed E-state index contributed by atoms with van der Waals surface area (Å²) in [6.07, 6.45) is 1.05. The molecule has 0 spiro atoms. The van der Waals surface area contributed by atoms with Crippen LogP contribution in [0.15, 0.2) is 65.1 Å². The SMILES string of the molecule is CC[C@@H](C)c1ccc2oc(-c3ccc(Cl)c(NC(=S)NC(=O)c4ccc(Cl)cc4)c3)nc2c1. The van der Waals surface area contributed by atoms with E-state index < -0.39 is 0 Å². The van der Waals surface area contributed by atoms with E-state index in [9.17, 15) is 4.79 Å². The van der Waals surface area contributed by atoms with E-state index in [1.54, 1.807) is 36.4 Å². The first kappa shape index (κ1) is 23.2. The fourth-order valence-corrected chi connectivity index (χ4v) is 3.79. The lowest BCUT2D eigenvalue weighted by Crippen LogP contribution is -2.34. The molecule has 0 aliphatic carbocycles. The molecule has 0 radical (unpaired) electrons. The summed E-state index contributed by atoms with van der Waals surface area (Å²) < 4.78 is 5.96. The summed E-state index contributed by atoms with van der Waals surface area (Å²) in [7, 11) is 0. The van der Waals surface area contributed by atoms with Crippen LogP contribution in [0.5, 0.6) is 0 Å². The van der Waals surface area contributed by atoms with Crippen molar-refractivity contribution in [3.63, 3.8) is 0 Å². The first-order chi connectivity index (χ1) is 15.8. The van der Waals surface area contributed by atoms with Gasteiger partial charge < -0.3 is 9.73 Å². The van der Waals surface area contributed by atoms with Crippen LogP contribution in [0.3, 0.4) is 0 Å². The maximum Gasteiger partial charge on any atom is 0.257 e. The van der Waals surface area contributed by atoms with E-state index in [1.807, 2.05) is 12.1 Å². The summed E-state index contributed by atoms with van der Waals surface area (Å²) in [5, 5.41) is 6.71. The highest BCUT2D eigenvalue weighted by Gasteiger charge is 2.14. The Morgan fingerprint density at radius 1 is 1.09 bits per heavy atom. The van der Waals surface area contributed by atoms with Crippen LogP contribution >= 0.6 is 35.4 Å². The molecule has 2 N–H and O–H groups in total. The number of anilines is 1. The molecule has 0 bridgehead atoms. The lowest BCUT2D eigenvalue weighted by atomic mass is 9.98. The Kier molecular flexibility index (Phi) is 6.98. The molecule has 1 amide bonds. The van der Waals surface area contributed by atoms with Crippen molar-refractivity contribution in [3.05, 3.63) is 81.8 Å². The molecule has 1 heterocycles. The molecule has 4 rings (SSSR count). The highest BCUT2D eigenvalue weighted by molar-refractivity contribution is 7.80. The van der Waals surface area contributed by atoms with E-state index in [1.165, 1.54) is 5.56 Å². The Bertz CT molecular complexity index is 1340. The second-order valence-electron chi connectivity index (χ2n) is 7.67. The van der Waals surface area contributed by atoms with Crippen molar-refractivity contribution in [2.24, 2.45) is 0 Å². The Labute approximate surface area is 207 Å². The van der Waals surface area contributed by atoms with Crippen molar-refractivity contribution in [2.45, 2.75) is 26.2 Å². The maximum atomic E-state index is 12.4. The van der Waals surface area contributed by atoms with E-state index in [0.29, 0.717) is 38.7 Å². The lowest BCUT2D eigenvalue weighted by Gasteiger charge is -2.12. The summed E-state index contributed by atoms with van der Waals surface area (Å²) in [6.45, 7) is 4.35. The molecule has 0 aliphatic heterocycles. The minimum atomic E-state index is -0.354. The van der Waals surface area contributed by atoms with Gasteiger partial charge in [0.15, 0.2) is 10.7 Å². The first-order valence-corrected chi connectivity index (χ1v) is 11.6. The average molecular weight is 498 g/mol. The van der Waals surface area contributed by atoms with Gasteiger partial charge in [0.05, 0.1) is 10.7 Å². The third-order valence-electron chi connectivity index (χ3n) is 5.39. The predicted molar refractivity (Wildman–Crippen MR) is 138 cm³/mol. The van der Waals surface area contributed by atoms with E-state index in [2.05, 4.69) is 41.6 Å². The van der Waals surface area contributed by atoms with Gasteiger partial charge in [-0.15, -0.1) is 0 Å². The number of hydrogen-bond donors (Lipinski definition) is 2. The van der Waals surface area contributed by atoms with Crippen molar-refractivity contribution >= 4 is 63.2 Å². The van der Waals surface area contributed by atoms with Crippen molar-refractivity contribution in [2.75, 3.05) is 5.32 Å². The van der Waals surface area contributed by atoms with Crippen LogP contribution in [0.1, 0.15) is 42.1 Å². The zero-order chi connectivity index (χ0) is 23.5. The van der Waals surface area contributed by atoms with Crippen LogP contribution < -0.4 is 10.6 Å². The van der Waals surface area contributed by atoms with E-state index in [-0.39, 0.29) is 11.0 Å². The topological polar surface area (TPSA) is 67.2 Å². The van der Waals surface area contributed by atoms with Gasteiger partial charge in [0.2, 0.25) is 5.89 Å². The number of nitrogens with one attached hydrogen (secondary N) is 2. The molecule has 0 unspecified atom stereocenters. The Balaban J connectivity index is 1.53. The molecular weight excluding hydrogens is 477 g/mol. The minimum absolute atomic E-state index is 0.116. The van der Waals surface area contributed by atoms with Gasteiger partial charge in [-0.25, -0.2) is 4.98 Å². The van der Waals surface area contributed by atoms with E-state index in [0.717, 1.165) is 17.5 Å². The summed E-state index contributed by atoms with van der Waals surface area (Å²) in [4.78, 5) is 17.0. The highest BCUT2D eigenvalue weighted by Crippen LogP contribution is 2.31. The average Bonchev–Trinajstić information content (AvgIpc) is 3.23. The molecule has 33 heavy (non-hydrogen) atoms. The number of rotatable bonds is 5. The number of nitrogens with zero attached hydrogens (tertiary/aromatic N) is 1. The molecule has 1 aromatic heterocycles. The number of carbonyl (C=O) groups is 1. The third-order valence-corrected chi connectivity index (χ3v) is 6.17. The Morgan fingerprint density at radius 3 is 2.58 bits per heavy atom. The van der Waals surface area contributed by atoms with Crippen LogP contribution in [-0.4, -0.2) is 16.0 Å². The van der Waals surface area contributed by atoms with Gasteiger partial charge in [-0.1, -0.05) is 43.1 Å². The zero-order valence-corrected chi connectivity index (χ0v) is 20.3. The normalized spacial score (nSPS) is 11.9. The number of carbonyl (C=O) groups excluding carboxylic acids is 1. The summed E-state index contributed by atoms with van der Waals surface area (Å²) >= 11 is 17.5. The van der Waals surface area contributed by atoms with Crippen LogP contribution in [0.25, 0.3) is 22.6 Å². The van der Waals surface area contributed by atoms with Gasteiger partial charge in [-0.3, -0.25) is 10.1 Å². The summed E-state index contributed by atoms with van der Waals surface area (Å²) in [5.74, 6) is 0.569.